The van der Waals surface area contributed by atoms with Crippen LogP contribution < -0.4 is 15.4 Å². The van der Waals surface area contributed by atoms with Crippen molar-refractivity contribution in [1.82, 2.24) is 15.5 Å². The Balaban J connectivity index is 1.49. The third kappa shape index (κ3) is 3.25. The van der Waals surface area contributed by atoms with Gasteiger partial charge in [-0.2, -0.15) is 4.98 Å². The molecule has 2 aromatic rings. The van der Waals surface area contributed by atoms with E-state index in [2.05, 4.69) is 20.8 Å². The third-order valence-corrected chi connectivity index (χ3v) is 5.17. The van der Waals surface area contributed by atoms with Gasteiger partial charge in [-0.25, -0.2) is 4.79 Å². The first-order chi connectivity index (χ1) is 12.7. The van der Waals surface area contributed by atoms with Crippen molar-refractivity contribution in [2.75, 3.05) is 11.9 Å². The van der Waals surface area contributed by atoms with Gasteiger partial charge < -0.3 is 19.9 Å². The number of amides is 2. The first-order valence-corrected chi connectivity index (χ1v) is 9.36. The maximum Gasteiger partial charge on any atom is 0.320 e. The van der Waals surface area contributed by atoms with Crippen LogP contribution >= 0.6 is 0 Å². The number of nitrogens with zero attached hydrogens (tertiary/aromatic N) is 2. The van der Waals surface area contributed by atoms with Gasteiger partial charge >= 0.3 is 6.03 Å². The lowest BCUT2D eigenvalue weighted by molar-refractivity contribution is 0.232. The van der Waals surface area contributed by atoms with Crippen molar-refractivity contribution in [3.05, 3.63) is 35.5 Å². The summed E-state index contributed by atoms with van der Waals surface area (Å²) in [6, 6.07) is 5.53. The fourth-order valence-electron chi connectivity index (χ4n) is 3.79. The van der Waals surface area contributed by atoms with Crippen LogP contribution in [-0.4, -0.2) is 22.8 Å². The normalized spacial score (nSPS) is 18.0. The Morgan fingerprint density at radius 3 is 2.88 bits per heavy atom. The van der Waals surface area contributed by atoms with E-state index in [1.165, 1.54) is 0 Å². The fourth-order valence-corrected chi connectivity index (χ4v) is 3.79. The van der Waals surface area contributed by atoms with E-state index in [1.54, 1.807) is 0 Å². The van der Waals surface area contributed by atoms with Crippen molar-refractivity contribution in [2.24, 2.45) is 0 Å². The number of nitrogens with one attached hydrogen (secondary N) is 2. The number of carbonyl (C=O) groups excluding carboxylic acids is 1. The van der Waals surface area contributed by atoms with Gasteiger partial charge in [0.05, 0.1) is 6.61 Å². The molecule has 7 heteroatoms. The van der Waals surface area contributed by atoms with E-state index < -0.39 is 5.54 Å². The molecule has 0 spiro atoms. The molecule has 138 valence electrons. The molecule has 2 heterocycles. The zero-order chi connectivity index (χ0) is 18.0. The van der Waals surface area contributed by atoms with Crippen LogP contribution in [0, 0.1) is 0 Å². The largest absolute Gasteiger partial charge is 0.493 e. The lowest BCUT2D eigenvalue weighted by Gasteiger charge is -2.27. The molecule has 26 heavy (non-hydrogen) atoms. The van der Waals surface area contributed by atoms with Gasteiger partial charge in [0.1, 0.15) is 11.3 Å². The molecular formula is C19H24N4O3. The smallest absolute Gasteiger partial charge is 0.320 e. The summed E-state index contributed by atoms with van der Waals surface area (Å²) in [4.78, 5) is 17.1. The van der Waals surface area contributed by atoms with Crippen LogP contribution in [0.4, 0.5) is 10.5 Å². The molecule has 1 aliphatic carbocycles. The molecule has 2 N–H and O–H groups in total. The van der Waals surface area contributed by atoms with Crippen molar-refractivity contribution in [3.8, 4) is 5.75 Å². The molecule has 7 nitrogen and oxygen atoms in total. The van der Waals surface area contributed by atoms with Crippen LogP contribution in [0.2, 0.25) is 0 Å². The van der Waals surface area contributed by atoms with Crippen molar-refractivity contribution >= 4 is 11.7 Å². The van der Waals surface area contributed by atoms with Crippen LogP contribution in [0.3, 0.4) is 0 Å². The molecular weight excluding hydrogens is 332 g/mol. The molecule has 1 aliphatic heterocycles. The summed E-state index contributed by atoms with van der Waals surface area (Å²) in [5, 5.41) is 10.2. The van der Waals surface area contributed by atoms with E-state index in [-0.39, 0.29) is 6.03 Å². The van der Waals surface area contributed by atoms with E-state index in [4.69, 9.17) is 9.26 Å². The summed E-state index contributed by atoms with van der Waals surface area (Å²) >= 11 is 0. The molecule has 2 amide bonds. The molecule has 0 unspecified atom stereocenters. The number of anilines is 1. The molecule has 1 saturated carbocycles. The number of hydrogen-bond acceptors (Lipinski definition) is 5. The third-order valence-electron chi connectivity index (χ3n) is 5.17. The Hall–Kier alpha value is -2.57. The number of urea groups is 1. The van der Waals surface area contributed by atoms with Crippen LogP contribution in [-0.2, 0) is 18.4 Å². The number of carbonyl (C=O) groups is 1. The Kier molecular flexibility index (Phi) is 4.53. The molecule has 0 atom stereocenters. The van der Waals surface area contributed by atoms with Crippen molar-refractivity contribution < 1.29 is 14.1 Å². The van der Waals surface area contributed by atoms with E-state index in [0.717, 1.165) is 62.1 Å². The summed E-state index contributed by atoms with van der Waals surface area (Å²) in [6.07, 6.45) is 6.37. The van der Waals surface area contributed by atoms with Crippen LogP contribution in [0.25, 0.3) is 0 Å². The van der Waals surface area contributed by atoms with E-state index in [1.807, 2.05) is 25.1 Å². The molecule has 4 rings (SSSR count). The quantitative estimate of drug-likeness (QED) is 0.874. The summed E-state index contributed by atoms with van der Waals surface area (Å²) in [7, 11) is 0. The minimum Gasteiger partial charge on any atom is -0.493 e. The lowest BCUT2D eigenvalue weighted by Crippen LogP contribution is -2.46. The Labute approximate surface area is 152 Å². The number of benzene rings is 1. The highest BCUT2D eigenvalue weighted by Crippen LogP contribution is 2.37. The minimum absolute atomic E-state index is 0.244. The Morgan fingerprint density at radius 2 is 2.12 bits per heavy atom. The van der Waals surface area contributed by atoms with Gasteiger partial charge in [-0.05, 0) is 49.4 Å². The summed E-state index contributed by atoms with van der Waals surface area (Å²) in [5.74, 6) is 2.09. The first kappa shape index (κ1) is 16.9. The second kappa shape index (κ2) is 6.97. The molecule has 0 radical (unpaired) electrons. The van der Waals surface area contributed by atoms with E-state index >= 15 is 0 Å². The van der Waals surface area contributed by atoms with Crippen molar-refractivity contribution in [1.29, 1.82) is 0 Å². The fraction of sp³-hybridized carbons (Fsp3) is 0.526. The van der Waals surface area contributed by atoms with Gasteiger partial charge in [-0.1, -0.05) is 24.9 Å². The SMILES string of the molecule is CCc1nc(C2(NC(=O)Nc3ccc4c(c3)CCCO4)CCCC2)no1. The zero-order valence-corrected chi connectivity index (χ0v) is 15.0. The number of hydrogen-bond donors (Lipinski definition) is 2. The lowest BCUT2D eigenvalue weighted by atomic mass is 9.97. The standard InChI is InChI=1S/C19H24N4O3/c1-2-16-21-17(23-26-16)19(9-3-4-10-19)22-18(24)20-14-7-8-15-13(12-14)6-5-11-25-15/h7-8,12H,2-6,9-11H2,1H3,(H2,20,22,24). The number of fused-ring (bicyclic) bond motifs is 1. The molecule has 1 fully saturated rings. The molecule has 1 aromatic heterocycles. The summed E-state index contributed by atoms with van der Waals surface area (Å²) in [6.45, 7) is 2.73. The molecule has 2 aliphatic rings. The van der Waals surface area contributed by atoms with E-state index in [9.17, 15) is 4.79 Å². The predicted molar refractivity (Wildman–Crippen MR) is 96.2 cm³/mol. The topological polar surface area (TPSA) is 89.3 Å². The number of aromatic nitrogens is 2. The average molecular weight is 356 g/mol. The Morgan fingerprint density at radius 1 is 1.27 bits per heavy atom. The van der Waals surface area contributed by atoms with Crippen LogP contribution in [0.5, 0.6) is 5.75 Å². The average Bonchev–Trinajstić information content (AvgIpc) is 3.31. The molecule has 0 saturated heterocycles. The number of ether oxygens (including phenoxy) is 1. The summed E-state index contributed by atoms with van der Waals surface area (Å²) < 4.78 is 10.9. The zero-order valence-electron chi connectivity index (χ0n) is 15.0. The van der Waals surface area contributed by atoms with Gasteiger partial charge in [-0.3, -0.25) is 0 Å². The van der Waals surface area contributed by atoms with Gasteiger partial charge in [0.2, 0.25) is 5.89 Å². The molecule has 0 bridgehead atoms. The molecule has 1 aromatic carbocycles. The van der Waals surface area contributed by atoms with Crippen molar-refractivity contribution in [3.63, 3.8) is 0 Å². The second-order valence-electron chi connectivity index (χ2n) is 7.01. The van der Waals surface area contributed by atoms with Gasteiger partial charge in [-0.15, -0.1) is 0 Å². The summed E-state index contributed by atoms with van der Waals surface area (Å²) in [5.41, 5.74) is 1.36. The highest BCUT2D eigenvalue weighted by atomic mass is 16.5. The maximum atomic E-state index is 12.7. The number of aryl methyl sites for hydroxylation is 2. The number of rotatable bonds is 4. The van der Waals surface area contributed by atoms with E-state index in [0.29, 0.717) is 18.1 Å². The minimum atomic E-state index is -0.543. The van der Waals surface area contributed by atoms with Crippen LogP contribution in [0.1, 0.15) is 56.3 Å². The maximum absolute atomic E-state index is 12.7. The Bertz CT molecular complexity index is 796. The first-order valence-electron chi connectivity index (χ1n) is 9.36. The van der Waals surface area contributed by atoms with Gasteiger partial charge in [0.25, 0.3) is 0 Å². The van der Waals surface area contributed by atoms with Gasteiger partial charge in [0, 0.05) is 12.1 Å². The van der Waals surface area contributed by atoms with Crippen LogP contribution in [0.15, 0.2) is 22.7 Å². The predicted octanol–water partition coefficient (Wildman–Crippen LogP) is 3.55. The second-order valence-corrected chi connectivity index (χ2v) is 7.01. The van der Waals surface area contributed by atoms with Gasteiger partial charge in [0.15, 0.2) is 5.82 Å². The highest BCUT2D eigenvalue weighted by Gasteiger charge is 2.41. The van der Waals surface area contributed by atoms with Crippen molar-refractivity contribution in [2.45, 2.75) is 57.4 Å². The monoisotopic (exact) mass is 356 g/mol. The highest BCUT2D eigenvalue weighted by molar-refractivity contribution is 5.90.